The van der Waals surface area contributed by atoms with Crippen LogP contribution in [0.3, 0.4) is 0 Å². The highest BCUT2D eigenvalue weighted by atomic mass is 14.9. The summed E-state index contributed by atoms with van der Waals surface area (Å²) in [7, 11) is 0. The number of anilines is 1. The van der Waals surface area contributed by atoms with E-state index in [0.29, 0.717) is 6.04 Å². The molecule has 0 aliphatic heterocycles. The van der Waals surface area contributed by atoms with Gasteiger partial charge in [0.25, 0.3) is 0 Å². The van der Waals surface area contributed by atoms with Crippen LogP contribution in [0.5, 0.6) is 0 Å². The van der Waals surface area contributed by atoms with Crippen molar-refractivity contribution >= 4 is 5.69 Å². The van der Waals surface area contributed by atoms with Gasteiger partial charge in [0.1, 0.15) is 0 Å². The van der Waals surface area contributed by atoms with Gasteiger partial charge in [-0.1, -0.05) is 42.0 Å². The van der Waals surface area contributed by atoms with Crippen LogP contribution in [0.1, 0.15) is 29.5 Å². The number of hydrogen-bond acceptors (Lipinski definition) is 1. The van der Waals surface area contributed by atoms with E-state index in [1.54, 1.807) is 11.1 Å². The van der Waals surface area contributed by atoms with Gasteiger partial charge in [0.2, 0.25) is 0 Å². The Bertz CT molecular complexity index is 596. The zero-order valence-corrected chi connectivity index (χ0v) is 12.7. The maximum atomic E-state index is 3.84. The first-order valence-corrected chi connectivity index (χ1v) is 8.19. The van der Waals surface area contributed by atoms with Crippen LogP contribution >= 0.6 is 0 Å². The van der Waals surface area contributed by atoms with E-state index in [1.807, 2.05) is 0 Å². The first-order valence-electron chi connectivity index (χ1n) is 8.19. The van der Waals surface area contributed by atoms with Gasteiger partial charge in [0.05, 0.1) is 0 Å². The molecule has 0 heterocycles. The third-order valence-corrected chi connectivity index (χ3v) is 5.39. The minimum atomic E-state index is 0.639. The fraction of sp³-hybridized carbons (Fsp3) is 0.400. The van der Waals surface area contributed by atoms with Crippen molar-refractivity contribution in [2.45, 2.75) is 38.6 Å². The SMILES string of the molecule is Cc1ccc(NC2C3CCC2Cc2ccccc2C3)cc1. The molecule has 0 amide bonds. The molecule has 0 spiro atoms. The third kappa shape index (κ3) is 2.46. The van der Waals surface area contributed by atoms with Gasteiger partial charge in [0.15, 0.2) is 0 Å². The summed E-state index contributed by atoms with van der Waals surface area (Å²) >= 11 is 0. The van der Waals surface area contributed by atoms with Gasteiger partial charge in [-0.2, -0.15) is 0 Å². The topological polar surface area (TPSA) is 12.0 Å². The third-order valence-electron chi connectivity index (χ3n) is 5.39. The Morgan fingerprint density at radius 2 is 1.38 bits per heavy atom. The minimum absolute atomic E-state index is 0.639. The monoisotopic (exact) mass is 277 g/mol. The van der Waals surface area contributed by atoms with Gasteiger partial charge in [0, 0.05) is 11.7 Å². The summed E-state index contributed by atoms with van der Waals surface area (Å²) in [6, 6.07) is 18.6. The molecular weight excluding hydrogens is 254 g/mol. The maximum Gasteiger partial charge on any atom is 0.0342 e. The number of rotatable bonds is 2. The summed E-state index contributed by atoms with van der Waals surface area (Å²) in [5, 5.41) is 3.84. The summed E-state index contributed by atoms with van der Waals surface area (Å²) in [6.07, 6.45) is 5.25. The number of benzene rings is 2. The van der Waals surface area contributed by atoms with Crippen LogP contribution in [0.15, 0.2) is 48.5 Å². The highest BCUT2D eigenvalue weighted by Crippen LogP contribution is 2.41. The lowest BCUT2D eigenvalue weighted by Gasteiger charge is -2.25. The highest BCUT2D eigenvalue weighted by molar-refractivity contribution is 5.46. The quantitative estimate of drug-likeness (QED) is 0.846. The molecule has 0 saturated heterocycles. The average molecular weight is 277 g/mol. The van der Waals surface area contributed by atoms with Crippen molar-refractivity contribution in [1.29, 1.82) is 0 Å². The molecule has 2 aliphatic rings. The Balaban J connectivity index is 1.59. The Kier molecular flexibility index (Phi) is 3.21. The van der Waals surface area contributed by atoms with Gasteiger partial charge < -0.3 is 5.32 Å². The first kappa shape index (κ1) is 12.9. The van der Waals surface area contributed by atoms with Crippen molar-refractivity contribution in [3.8, 4) is 0 Å². The molecule has 2 unspecified atom stereocenters. The number of nitrogens with one attached hydrogen (secondary N) is 1. The van der Waals surface area contributed by atoms with E-state index in [2.05, 4.69) is 60.8 Å². The molecule has 1 fully saturated rings. The number of fused-ring (bicyclic) bond motifs is 3. The lowest BCUT2D eigenvalue weighted by Crippen LogP contribution is -2.30. The summed E-state index contributed by atoms with van der Waals surface area (Å²) in [4.78, 5) is 0. The maximum absolute atomic E-state index is 3.84. The predicted octanol–water partition coefficient (Wildman–Crippen LogP) is 4.60. The van der Waals surface area contributed by atoms with Crippen molar-refractivity contribution in [3.63, 3.8) is 0 Å². The highest BCUT2D eigenvalue weighted by Gasteiger charge is 2.38. The summed E-state index contributed by atoms with van der Waals surface area (Å²) < 4.78 is 0. The molecule has 1 saturated carbocycles. The zero-order chi connectivity index (χ0) is 14.2. The smallest absolute Gasteiger partial charge is 0.0342 e. The van der Waals surface area contributed by atoms with Crippen LogP contribution in [0.4, 0.5) is 5.69 Å². The molecule has 1 heteroatoms. The number of aryl methyl sites for hydroxylation is 1. The fourth-order valence-electron chi connectivity index (χ4n) is 4.23. The second-order valence-electron chi connectivity index (χ2n) is 6.81. The van der Waals surface area contributed by atoms with Gasteiger partial charge >= 0.3 is 0 Å². The lowest BCUT2D eigenvalue weighted by molar-refractivity contribution is 0.450. The van der Waals surface area contributed by atoms with E-state index in [4.69, 9.17) is 0 Å². The van der Waals surface area contributed by atoms with Crippen LogP contribution in [-0.2, 0) is 12.8 Å². The second-order valence-corrected chi connectivity index (χ2v) is 6.81. The van der Waals surface area contributed by atoms with Gasteiger partial charge in [-0.05, 0) is 67.7 Å². The zero-order valence-electron chi connectivity index (χ0n) is 12.7. The van der Waals surface area contributed by atoms with E-state index in [0.717, 1.165) is 11.8 Å². The van der Waals surface area contributed by atoms with Crippen LogP contribution in [0, 0.1) is 18.8 Å². The van der Waals surface area contributed by atoms with Crippen molar-refractivity contribution in [3.05, 3.63) is 65.2 Å². The van der Waals surface area contributed by atoms with Crippen molar-refractivity contribution < 1.29 is 0 Å². The Hall–Kier alpha value is -1.76. The molecule has 0 aromatic heterocycles. The van der Waals surface area contributed by atoms with Gasteiger partial charge in [-0.25, -0.2) is 0 Å². The van der Waals surface area contributed by atoms with Crippen molar-refractivity contribution in [1.82, 2.24) is 0 Å². The molecule has 2 aromatic rings. The minimum Gasteiger partial charge on any atom is -0.382 e. The van der Waals surface area contributed by atoms with E-state index >= 15 is 0 Å². The molecule has 0 radical (unpaired) electrons. The van der Waals surface area contributed by atoms with E-state index in [-0.39, 0.29) is 0 Å². The van der Waals surface area contributed by atoms with Gasteiger partial charge in [-0.15, -0.1) is 0 Å². The molecular formula is C20H23N. The second kappa shape index (κ2) is 5.22. The Morgan fingerprint density at radius 3 is 1.95 bits per heavy atom. The van der Waals surface area contributed by atoms with E-state index in [9.17, 15) is 0 Å². The molecule has 1 N–H and O–H groups in total. The standard InChI is InChI=1S/C20H23N/c1-14-6-10-19(11-7-14)21-20-17-8-9-18(20)13-16-5-3-2-4-15(16)12-17/h2-7,10-11,17-18,20-21H,8-9,12-13H2,1H3. The number of hydrogen-bond donors (Lipinski definition) is 1. The van der Waals surface area contributed by atoms with Crippen LogP contribution in [0.25, 0.3) is 0 Å². The molecule has 21 heavy (non-hydrogen) atoms. The summed E-state index contributed by atoms with van der Waals surface area (Å²) in [5.74, 6) is 1.58. The Labute approximate surface area is 127 Å². The molecule has 2 aliphatic carbocycles. The van der Waals surface area contributed by atoms with Crippen LogP contribution in [0.2, 0.25) is 0 Å². The molecule has 4 rings (SSSR count). The Morgan fingerprint density at radius 1 is 0.810 bits per heavy atom. The average Bonchev–Trinajstić information content (AvgIpc) is 2.76. The van der Waals surface area contributed by atoms with Gasteiger partial charge in [-0.3, -0.25) is 0 Å². The van der Waals surface area contributed by atoms with Crippen molar-refractivity contribution in [2.24, 2.45) is 11.8 Å². The summed E-state index contributed by atoms with van der Waals surface area (Å²) in [6.45, 7) is 2.15. The van der Waals surface area contributed by atoms with Crippen LogP contribution < -0.4 is 5.32 Å². The normalized spacial score (nSPS) is 27.0. The molecule has 2 aromatic carbocycles. The molecule has 2 atom stereocenters. The van der Waals surface area contributed by atoms with E-state index in [1.165, 1.54) is 36.9 Å². The molecule has 2 bridgehead atoms. The predicted molar refractivity (Wildman–Crippen MR) is 88.7 cm³/mol. The largest absolute Gasteiger partial charge is 0.382 e. The summed E-state index contributed by atoms with van der Waals surface area (Å²) in [5.41, 5.74) is 5.78. The molecule has 1 nitrogen and oxygen atoms in total. The fourth-order valence-corrected chi connectivity index (χ4v) is 4.23. The lowest BCUT2D eigenvalue weighted by atomic mass is 9.94. The van der Waals surface area contributed by atoms with Crippen molar-refractivity contribution in [2.75, 3.05) is 5.32 Å². The molecule has 108 valence electrons. The van der Waals surface area contributed by atoms with Crippen LogP contribution in [-0.4, -0.2) is 6.04 Å². The first-order chi connectivity index (χ1) is 10.3. The van der Waals surface area contributed by atoms with E-state index < -0.39 is 0 Å².